The van der Waals surface area contributed by atoms with Gasteiger partial charge in [0.2, 0.25) is 5.91 Å². The Morgan fingerprint density at radius 1 is 1.27 bits per heavy atom. The van der Waals surface area contributed by atoms with Gasteiger partial charge in [-0.05, 0) is 32.2 Å². The highest BCUT2D eigenvalue weighted by atomic mass is 32.1. The molecule has 3 rings (SSSR count). The fraction of sp³-hybridized carbons (Fsp3) is 0.385. The molecule has 0 atom stereocenters. The lowest BCUT2D eigenvalue weighted by Crippen LogP contribution is -2.48. The normalized spacial score (nSPS) is 15.4. The van der Waals surface area contributed by atoms with Crippen molar-refractivity contribution in [3.8, 4) is 18.4 Å². The molecule has 2 aromatic rings. The number of hydrogen-bond donors (Lipinski definition) is 2. The molecule has 11 heteroatoms. The van der Waals surface area contributed by atoms with Gasteiger partial charge >= 0.3 is 0 Å². The van der Waals surface area contributed by atoms with Gasteiger partial charge in [0.25, 0.3) is 11.5 Å². The molecule has 0 aliphatic carbocycles. The summed E-state index contributed by atoms with van der Waals surface area (Å²) in [5.41, 5.74) is 0.926. The molecule has 1 aromatic heterocycles. The quantitative estimate of drug-likeness (QED) is 0.447. The molecule has 0 radical (unpaired) electrons. The third-order valence-electron chi connectivity index (χ3n) is 6.06. The van der Waals surface area contributed by atoms with Gasteiger partial charge in [-0.1, -0.05) is 12.0 Å². The standard InChI is InChI=1S/C26H31N7O3S/c1-5-10-28-24(35)21(16-27)26-33(6-2)25(36)22(37-26)17-29-19-8-7-9-20(15-19)31(4)23(34)18-32-13-11-30(3)12-14-32/h1,7-9,15,17,29H,6,10-14,18H2,2-4H3,(H,28,35)/b22-17+,26-21-. The van der Waals surface area contributed by atoms with Crippen LogP contribution in [0.15, 0.2) is 29.1 Å². The minimum atomic E-state index is -0.625. The molecule has 0 unspecified atom stereocenters. The van der Waals surface area contributed by atoms with Crippen LogP contribution in [0.1, 0.15) is 6.92 Å². The highest BCUT2D eigenvalue weighted by molar-refractivity contribution is 7.07. The van der Waals surface area contributed by atoms with E-state index in [1.807, 2.05) is 30.3 Å². The minimum absolute atomic E-state index is 0.00194. The van der Waals surface area contributed by atoms with Crippen LogP contribution >= 0.6 is 11.3 Å². The van der Waals surface area contributed by atoms with E-state index in [0.717, 1.165) is 43.2 Å². The van der Waals surface area contributed by atoms with Crippen molar-refractivity contribution in [3.63, 3.8) is 0 Å². The average molecular weight is 522 g/mol. The maximum absolute atomic E-state index is 12.9. The molecule has 2 heterocycles. The van der Waals surface area contributed by atoms with Gasteiger partial charge in [0, 0.05) is 57.3 Å². The number of piperazine rings is 1. The predicted molar refractivity (Wildman–Crippen MR) is 146 cm³/mol. The Hall–Kier alpha value is -3.90. The van der Waals surface area contributed by atoms with E-state index in [9.17, 15) is 19.6 Å². The first kappa shape index (κ1) is 27.7. The van der Waals surface area contributed by atoms with Crippen molar-refractivity contribution >= 4 is 46.3 Å². The summed E-state index contributed by atoms with van der Waals surface area (Å²) >= 11 is 1.05. The van der Waals surface area contributed by atoms with Crippen LogP contribution in [0, 0.1) is 23.7 Å². The van der Waals surface area contributed by atoms with Gasteiger partial charge < -0.3 is 20.4 Å². The minimum Gasteiger partial charge on any atom is -0.360 e. The van der Waals surface area contributed by atoms with E-state index in [-0.39, 0.29) is 28.2 Å². The van der Waals surface area contributed by atoms with Crippen molar-refractivity contribution in [1.29, 1.82) is 5.26 Å². The molecule has 1 aliphatic rings. The molecule has 1 aromatic carbocycles. The molecule has 1 fully saturated rings. The highest BCUT2D eigenvalue weighted by Gasteiger charge is 2.19. The van der Waals surface area contributed by atoms with Gasteiger partial charge in [0.15, 0.2) is 5.57 Å². The Balaban J connectivity index is 1.82. The number of nitriles is 1. The van der Waals surface area contributed by atoms with Crippen LogP contribution < -0.4 is 30.3 Å². The molecule has 0 spiro atoms. The summed E-state index contributed by atoms with van der Waals surface area (Å²) in [7, 11) is 3.82. The van der Waals surface area contributed by atoms with Crippen LogP contribution in [0.3, 0.4) is 0 Å². The Bertz CT molecular complexity index is 1410. The molecule has 37 heavy (non-hydrogen) atoms. The van der Waals surface area contributed by atoms with Gasteiger partial charge in [-0.3, -0.25) is 23.9 Å². The smallest absolute Gasteiger partial charge is 0.270 e. The van der Waals surface area contributed by atoms with E-state index in [0.29, 0.717) is 23.3 Å². The number of terminal acetylenes is 1. The first-order valence-corrected chi connectivity index (χ1v) is 12.7. The Labute approximate surface area is 220 Å². The number of hydrogen-bond acceptors (Lipinski definition) is 8. The second kappa shape index (κ2) is 12.9. The number of thiazole rings is 1. The third-order valence-corrected chi connectivity index (χ3v) is 7.19. The van der Waals surface area contributed by atoms with Crippen LogP contribution in [-0.2, 0) is 16.1 Å². The molecule has 194 valence electrons. The number of nitrogens with one attached hydrogen (secondary N) is 2. The van der Waals surface area contributed by atoms with E-state index in [4.69, 9.17) is 6.42 Å². The zero-order valence-electron chi connectivity index (χ0n) is 21.3. The number of rotatable bonds is 8. The summed E-state index contributed by atoms with van der Waals surface area (Å²) in [5, 5.41) is 15.1. The Morgan fingerprint density at radius 2 is 2.00 bits per heavy atom. The number of anilines is 2. The van der Waals surface area contributed by atoms with Crippen LogP contribution in [0.5, 0.6) is 0 Å². The molecular weight excluding hydrogens is 490 g/mol. The number of aromatic nitrogens is 1. The van der Waals surface area contributed by atoms with E-state index >= 15 is 0 Å². The summed E-state index contributed by atoms with van der Waals surface area (Å²) in [6.45, 7) is 6.01. The highest BCUT2D eigenvalue weighted by Crippen LogP contribution is 2.19. The van der Waals surface area contributed by atoms with Crippen LogP contribution in [0.4, 0.5) is 11.4 Å². The molecule has 1 saturated heterocycles. The van der Waals surface area contributed by atoms with Crippen molar-refractivity contribution in [1.82, 2.24) is 19.7 Å². The monoisotopic (exact) mass is 521 g/mol. The number of carbonyl (C=O) groups is 2. The number of benzene rings is 1. The summed E-state index contributed by atoms with van der Waals surface area (Å²) in [6, 6.07) is 9.21. The summed E-state index contributed by atoms with van der Waals surface area (Å²) < 4.78 is 1.98. The Morgan fingerprint density at radius 3 is 2.65 bits per heavy atom. The average Bonchev–Trinajstić information content (AvgIpc) is 3.22. The maximum Gasteiger partial charge on any atom is 0.270 e. The zero-order valence-corrected chi connectivity index (χ0v) is 22.1. The summed E-state index contributed by atoms with van der Waals surface area (Å²) in [4.78, 5) is 44.2. The topological polar surface area (TPSA) is 114 Å². The lowest BCUT2D eigenvalue weighted by molar-refractivity contribution is -0.120. The fourth-order valence-corrected chi connectivity index (χ4v) is 4.89. The van der Waals surface area contributed by atoms with E-state index in [2.05, 4.69) is 33.4 Å². The number of likely N-dealkylation sites (N-methyl/N-ethyl adjacent to an activating group) is 2. The van der Waals surface area contributed by atoms with E-state index in [1.165, 1.54) is 4.57 Å². The van der Waals surface area contributed by atoms with Gasteiger partial charge in [-0.25, -0.2) is 0 Å². The van der Waals surface area contributed by atoms with Crippen LogP contribution in [0.25, 0.3) is 11.8 Å². The van der Waals surface area contributed by atoms with Crippen molar-refractivity contribution in [2.45, 2.75) is 13.5 Å². The van der Waals surface area contributed by atoms with Crippen molar-refractivity contribution in [3.05, 3.63) is 43.8 Å². The third kappa shape index (κ3) is 6.86. The number of amides is 2. The van der Waals surface area contributed by atoms with Crippen molar-refractivity contribution < 1.29 is 9.59 Å². The van der Waals surface area contributed by atoms with Crippen LogP contribution in [0.2, 0.25) is 0 Å². The lowest BCUT2D eigenvalue weighted by Gasteiger charge is -2.32. The molecule has 1 aliphatic heterocycles. The molecular formula is C26H31N7O3S. The van der Waals surface area contributed by atoms with Gasteiger partial charge in [-0.15, -0.1) is 17.8 Å². The zero-order chi connectivity index (χ0) is 26.9. The second-order valence-electron chi connectivity index (χ2n) is 8.57. The Kier molecular flexibility index (Phi) is 9.64. The fourth-order valence-electron chi connectivity index (χ4n) is 3.81. The molecule has 10 nitrogen and oxygen atoms in total. The number of nitrogens with zero attached hydrogens (tertiary/aromatic N) is 5. The largest absolute Gasteiger partial charge is 0.360 e. The lowest BCUT2D eigenvalue weighted by atomic mass is 10.2. The van der Waals surface area contributed by atoms with Gasteiger partial charge in [0.05, 0.1) is 13.1 Å². The van der Waals surface area contributed by atoms with E-state index in [1.54, 1.807) is 25.1 Å². The molecule has 0 saturated carbocycles. The summed E-state index contributed by atoms with van der Waals surface area (Å²) in [5.74, 6) is 1.67. The number of carbonyl (C=O) groups excluding carboxylic acids is 2. The maximum atomic E-state index is 12.9. The van der Waals surface area contributed by atoms with Crippen molar-refractivity contribution in [2.24, 2.45) is 0 Å². The van der Waals surface area contributed by atoms with Gasteiger partial charge in [-0.2, -0.15) is 5.26 Å². The molecule has 2 amide bonds. The first-order valence-electron chi connectivity index (χ1n) is 11.9. The van der Waals surface area contributed by atoms with E-state index < -0.39 is 5.91 Å². The predicted octanol–water partition coefficient (Wildman–Crippen LogP) is -0.586. The summed E-state index contributed by atoms with van der Waals surface area (Å²) in [6.07, 6.45) is 6.72. The SMILES string of the molecule is C#CCNC(=O)/C(C#N)=c1\s/c(=C/Nc2cccc(N(C)C(=O)CN3CCN(C)CC3)c2)c(=O)n1CC. The first-order chi connectivity index (χ1) is 17.8. The molecule has 2 N–H and O–H groups in total. The van der Waals surface area contributed by atoms with Gasteiger partial charge in [0.1, 0.15) is 15.3 Å². The second-order valence-corrected chi connectivity index (χ2v) is 9.60. The van der Waals surface area contributed by atoms with Crippen molar-refractivity contribution in [2.75, 3.05) is 63.6 Å². The van der Waals surface area contributed by atoms with Crippen LogP contribution in [-0.4, -0.2) is 79.5 Å². The molecule has 0 bridgehead atoms.